The van der Waals surface area contributed by atoms with Crippen molar-refractivity contribution in [1.29, 1.82) is 0 Å². The van der Waals surface area contributed by atoms with E-state index in [0.717, 1.165) is 32.0 Å². The molecule has 0 fully saturated rings. The Kier molecular flexibility index (Phi) is 5.24. The maximum Gasteiger partial charge on any atom is 0.203 e. The second kappa shape index (κ2) is 7.38. The summed E-state index contributed by atoms with van der Waals surface area (Å²) in [5, 5.41) is 3.36. The van der Waals surface area contributed by atoms with Crippen molar-refractivity contribution >= 4 is 11.6 Å². The number of benzene rings is 1. The summed E-state index contributed by atoms with van der Waals surface area (Å²) in [5.74, 6) is 0.910. The quantitative estimate of drug-likeness (QED) is 0.591. The van der Waals surface area contributed by atoms with Gasteiger partial charge >= 0.3 is 0 Å². The summed E-state index contributed by atoms with van der Waals surface area (Å²) in [4.78, 5) is 6.56. The Morgan fingerprint density at radius 2 is 2.15 bits per heavy atom. The standard InChI is InChI=1S/C16H22N4/c1-3-12-20-14-11-18-16(20)17-10-7-13-19(2)15-8-5-4-6-9-15/h3-6,8-9,11,14H,1,7,10,12-13H2,2H3,(H,17,18). The van der Waals surface area contributed by atoms with Gasteiger partial charge in [0.1, 0.15) is 0 Å². The van der Waals surface area contributed by atoms with Crippen molar-refractivity contribution in [3.8, 4) is 0 Å². The van der Waals surface area contributed by atoms with Crippen LogP contribution in [0.5, 0.6) is 0 Å². The molecule has 0 spiro atoms. The first-order valence-electron chi connectivity index (χ1n) is 6.93. The summed E-state index contributed by atoms with van der Waals surface area (Å²) in [6.07, 6.45) is 6.70. The lowest BCUT2D eigenvalue weighted by atomic mass is 10.3. The smallest absolute Gasteiger partial charge is 0.203 e. The minimum absolute atomic E-state index is 0.784. The molecule has 0 aliphatic rings. The van der Waals surface area contributed by atoms with Crippen molar-refractivity contribution in [2.24, 2.45) is 0 Å². The first-order valence-corrected chi connectivity index (χ1v) is 6.93. The Balaban J connectivity index is 1.73. The van der Waals surface area contributed by atoms with Crippen molar-refractivity contribution < 1.29 is 0 Å². The average Bonchev–Trinajstić information content (AvgIpc) is 2.92. The monoisotopic (exact) mass is 270 g/mol. The van der Waals surface area contributed by atoms with Crippen LogP contribution in [-0.2, 0) is 6.54 Å². The molecular formula is C16H22N4. The molecular weight excluding hydrogens is 248 g/mol. The Labute approximate surface area is 120 Å². The average molecular weight is 270 g/mol. The van der Waals surface area contributed by atoms with Crippen LogP contribution in [0.2, 0.25) is 0 Å². The molecule has 0 saturated carbocycles. The molecule has 20 heavy (non-hydrogen) atoms. The van der Waals surface area contributed by atoms with Crippen LogP contribution in [0.25, 0.3) is 0 Å². The first-order chi connectivity index (χ1) is 9.81. The minimum atomic E-state index is 0.784. The third kappa shape index (κ3) is 3.88. The fourth-order valence-corrected chi connectivity index (χ4v) is 2.09. The minimum Gasteiger partial charge on any atom is -0.375 e. The fraction of sp³-hybridized carbons (Fsp3) is 0.312. The van der Waals surface area contributed by atoms with Gasteiger partial charge in [-0.05, 0) is 18.6 Å². The Morgan fingerprint density at radius 3 is 2.90 bits per heavy atom. The molecule has 1 N–H and O–H groups in total. The third-order valence-electron chi connectivity index (χ3n) is 3.19. The van der Waals surface area contributed by atoms with E-state index >= 15 is 0 Å². The van der Waals surface area contributed by atoms with E-state index in [0.29, 0.717) is 0 Å². The molecule has 0 aliphatic heterocycles. The van der Waals surface area contributed by atoms with E-state index in [2.05, 4.69) is 53.1 Å². The topological polar surface area (TPSA) is 33.1 Å². The highest BCUT2D eigenvalue weighted by Gasteiger charge is 2.02. The normalized spacial score (nSPS) is 10.2. The molecule has 106 valence electrons. The molecule has 4 heteroatoms. The third-order valence-corrected chi connectivity index (χ3v) is 3.19. The van der Waals surface area contributed by atoms with Gasteiger partial charge in [-0.3, -0.25) is 0 Å². The Bertz CT molecular complexity index is 518. The number of aromatic nitrogens is 2. The van der Waals surface area contributed by atoms with Crippen molar-refractivity contribution in [3.63, 3.8) is 0 Å². The van der Waals surface area contributed by atoms with Gasteiger partial charge in [-0.15, -0.1) is 6.58 Å². The molecule has 0 atom stereocenters. The predicted octanol–water partition coefficient (Wildman–Crippen LogP) is 3.01. The van der Waals surface area contributed by atoms with E-state index in [1.165, 1.54) is 5.69 Å². The second-order valence-electron chi connectivity index (χ2n) is 4.73. The van der Waals surface area contributed by atoms with Gasteiger partial charge in [0.15, 0.2) is 0 Å². The van der Waals surface area contributed by atoms with Crippen molar-refractivity contribution in [3.05, 3.63) is 55.4 Å². The van der Waals surface area contributed by atoms with E-state index in [1.54, 1.807) is 0 Å². The van der Waals surface area contributed by atoms with Gasteiger partial charge in [0.05, 0.1) is 0 Å². The fourth-order valence-electron chi connectivity index (χ4n) is 2.09. The lowest BCUT2D eigenvalue weighted by molar-refractivity contribution is 0.783. The summed E-state index contributed by atoms with van der Waals surface area (Å²) >= 11 is 0. The summed E-state index contributed by atoms with van der Waals surface area (Å²) in [5.41, 5.74) is 1.25. The van der Waals surface area contributed by atoms with Crippen LogP contribution >= 0.6 is 0 Å². The van der Waals surface area contributed by atoms with Crippen LogP contribution in [0.3, 0.4) is 0 Å². The van der Waals surface area contributed by atoms with Crippen LogP contribution in [0.1, 0.15) is 6.42 Å². The van der Waals surface area contributed by atoms with Gasteiger partial charge in [-0.2, -0.15) is 0 Å². The lowest BCUT2D eigenvalue weighted by Gasteiger charge is -2.19. The van der Waals surface area contributed by atoms with Gasteiger partial charge < -0.3 is 14.8 Å². The number of allylic oxidation sites excluding steroid dienone is 1. The molecule has 0 bridgehead atoms. The first kappa shape index (κ1) is 14.2. The molecule has 0 saturated heterocycles. The SMILES string of the molecule is C=CCn1ccnc1NCCCN(C)c1ccccc1. The number of nitrogens with one attached hydrogen (secondary N) is 1. The molecule has 1 heterocycles. The van der Waals surface area contributed by atoms with Crippen molar-refractivity contribution in [1.82, 2.24) is 9.55 Å². The summed E-state index contributed by atoms with van der Waals surface area (Å²) in [7, 11) is 2.12. The molecule has 0 amide bonds. The number of imidazole rings is 1. The zero-order valence-electron chi connectivity index (χ0n) is 12.0. The molecule has 1 aromatic carbocycles. The number of hydrogen-bond acceptors (Lipinski definition) is 3. The highest BCUT2D eigenvalue weighted by molar-refractivity contribution is 5.44. The van der Waals surface area contributed by atoms with Crippen LogP contribution in [0.4, 0.5) is 11.6 Å². The summed E-state index contributed by atoms with van der Waals surface area (Å²) in [6.45, 7) is 6.45. The van der Waals surface area contributed by atoms with Crippen molar-refractivity contribution in [2.45, 2.75) is 13.0 Å². The molecule has 4 nitrogen and oxygen atoms in total. The summed E-state index contributed by atoms with van der Waals surface area (Å²) < 4.78 is 2.05. The maximum absolute atomic E-state index is 4.30. The van der Waals surface area contributed by atoms with Crippen LogP contribution in [-0.4, -0.2) is 29.7 Å². The Hall–Kier alpha value is -2.23. The molecule has 2 aromatic rings. The van der Waals surface area contributed by atoms with Crippen LogP contribution < -0.4 is 10.2 Å². The zero-order valence-corrected chi connectivity index (χ0v) is 12.0. The number of rotatable bonds is 8. The number of hydrogen-bond donors (Lipinski definition) is 1. The van der Waals surface area contributed by atoms with E-state index in [9.17, 15) is 0 Å². The molecule has 0 unspecified atom stereocenters. The number of para-hydroxylation sites is 1. The highest BCUT2D eigenvalue weighted by Crippen LogP contribution is 2.11. The van der Waals surface area contributed by atoms with E-state index in [4.69, 9.17) is 0 Å². The van der Waals surface area contributed by atoms with Crippen LogP contribution in [0.15, 0.2) is 55.4 Å². The van der Waals surface area contributed by atoms with Gasteiger partial charge in [0, 0.05) is 44.8 Å². The van der Waals surface area contributed by atoms with E-state index in [-0.39, 0.29) is 0 Å². The van der Waals surface area contributed by atoms with Gasteiger partial charge in [0.25, 0.3) is 0 Å². The zero-order chi connectivity index (χ0) is 14.2. The number of nitrogens with zero attached hydrogens (tertiary/aromatic N) is 3. The molecule has 2 rings (SSSR count). The lowest BCUT2D eigenvalue weighted by Crippen LogP contribution is -2.21. The van der Waals surface area contributed by atoms with Gasteiger partial charge in [-0.25, -0.2) is 4.98 Å². The second-order valence-corrected chi connectivity index (χ2v) is 4.73. The highest BCUT2D eigenvalue weighted by atomic mass is 15.2. The maximum atomic E-state index is 4.30. The summed E-state index contributed by atoms with van der Waals surface area (Å²) in [6, 6.07) is 10.4. The number of anilines is 2. The Morgan fingerprint density at radius 1 is 1.35 bits per heavy atom. The van der Waals surface area contributed by atoms with Crippen LogP contribution in [0, 0.1) is 0 Å². The molecule has 0 radical (unpaired) electrons. The van der Waals surface area contributed by atoms with Gasteiger partial charge in [0.2, 0.25) is 5.95 Å². The van der Waals surface area contributed by atoms with Gasteiger partial charge in [-0.1, -0.05) is 24.3 Å². The van der Waals surface area contributed by atoms with Crippen molar-refractivity contribution in [2.75, 3.05) is 30.4 Å². The molecule has 1 aromatic heterocycles. The van der Waals surface area contributed by atoms with E-state index in [1.807, 2.05) is 29.1 Å². The predicted molar refractivity (Wildman–Crippen MR) is 85.2 cm³/mol. The molecule has 0 aliphatic carbocycles. The van der Waals surface area contributed by atoms with E-state index < -0.39 is 0 Å². The largest absolute Gasteiger partial charge is 0.375 e.